The SMILES string of the molecule is C#Cc1ccccc1C(C(=O)NC(Cc1ccccc1)C(=O)OC(C)(C)C)N(CCCC)C(=O)C(CCSC)NC(=O)OC(C)(C)C. The number of unbranched alkanes of at least 4 members (excludes halogenated alkanes) is 1. The first-order valence-electron chi connectivity index (χ1n) is 16.0. The van der Waals surface area contributed by atoms with Gasteiger partial charge in [0.05, 0.1) is 0 Å². The number of ether oxygens (including phenoxy) is 2. The van der Waals surface area contributed by atoms with Crippen molar-refractivity contribution in [3.8, 4) is 12.3 Å². The van der Waals surface area contributed by atoms with Crippen LogP contribution < -0.4 is 10.6 Å². The quantitative estimate of drug-likeness (QED) is 0.176. The molecule has 47 heavy (non-hydrogen) atoms. The molecule has 2 rings (SSSR count). The van der Waals surface area contributed by atoms with Gasteiger partial charge in [0.1, 0.15) is 29.3 Å². The summed E-state index contributed by atoms with van der Waals surface area (Å²) in [5.41, 5.74) is 0.109. The van der Waals surface area contributed by atoms with Crippen LogP contribution in [-0.4, -0.2) is 70.6 Å². The number of nitrogens with zero attached hydrogens (tertiary/aromatic N) is 1. The number of nitrogens with one attached hydrogen (secondary N) is 2. The molecule has 0 bridgehead atoms. The Bertz CT molecular complexity index is 1380. The first kappa shape index (κ1) is 39.2. The van der Waals surface area contributed by atoms with Gasteiger partial charge in [0.25, 0.3) is 0 Å². The smallest absolute Gasteiger partial charge is 0.408 e. The zero-order chi connectivity index (χ0) is 35.2. The monoisotopic (exact) mass is 665 g/mol. The molecule has 0 aliphatic carbocycles. The maximum Gasteiger partial charge on any atom is 0.408 e. The Labute approximate surface area is 284 Å². The van der Waals surface area contributed by atoms with Crippen LogP contribution in [-0.2, 0) is 30.3 Å². The lowest BCUT2D eigenvalue weighted by molar-refractivity contribution is -0.159. The minimum Gasteiger partial charge on any atom is -0.458 e. The van der Waals surface area contributed by atoms with Gasteiger partial charge in [-0.1, -0.05) is 67.8 Å². The topological polar surface area (TPSA) is 114 Å². The minimum absolute atomic E-state index is 0.171. The Balaban J connectivity index is 2.65. The predicted octanol–water partition coefficient (Wildman–Crippen LogP) is 6.05. The van der Waals surface area contributed by atoms with Gasteiger partial charge < -0.3 is 25.0 Å². The highest BCUT2D eigenvalue weighted by molar-refractivity contribution is 7.98. The molecule has 0 heterocycles. The van der Waals surface area contributed by atoms with Crippen LogP contribution in [0.4, 0.5) is 4.79 Å². The molecule has 0 spiro atoms. The molecule has 10 heteroatoms. The van der Waals surface area contributed by atoms with Crippen LogP contribution in [0, 0.1) is 12.3 Å². The number of amides is 3. The average molecular weight is 666 g/mol. The number of benzene rings is 2. The molecule has 3 atom stereocenters. The lowest BCUT2D eigenvalue weighted by Crippen LogP contribution is -2.55. The van der Waals surface area contributed by atoms with Crippen molar-refractivity contribution in [1.82, 2.24) is 15.5 Å². The summed E-state index contributed by atoms with van der Waals surface area (Å²) in [6.45, 7) is 12.7. The zero-order valence-corrected chi connectivity index (χ0v) is 29.9. The van der Waals surface area contributed by atoms with E-state index in [1.165, 1.54) is 16.7 Å². The van der Waals surface area contributed by atoms with Crippen LogP contribution in [0.2, 0.25) is 0 Å². The summed E-state index contributed by atoms with van der Waals surface area (Å²) in [5, 5.41) is 5.66. The summed E-state index contributed by atoms with van der Waals surface area (Å²) >= 11 is 1.53. The highest BCUT2D eigenvalue weighted by atomic mass is 32.2. The van der Waals surface area contributed by atoms with Crippen molar-refractivity contribution >= 4 is 35.6 Å². The van der Waals surface area contributed by atoms with E-state index in [0.717, 1.165) is 12.0 Å². The maximum atomic E-state index is 14.5. The molecule has 0 aromatic heterocycles. The number of alkyl carbamates (subject to hydrolysis) is 1. The van der Waals surface area contributed by atoms with Gasteiger partial charge in [-0.2, -0.15) is 11.8 Å². The number of carbonyl (C=O) groups is 4. The number of hydrogen-bond acceptors (Lipinski definition) is 7. The maximum absolute atomic E-state index is 14.5. The highest BCUT2D eigenvalue weighted by Gasteiger charge is 2.38. The van der Waals surface area contributed by atoms with Crippen molar-refractivity contribution in [1.29, 1.82) is 0 Å². The molecular formula is C37H51N3O6S. The molecule has 2 N–H and O–H groups in total. The second kappa shape index (κ2) is 18.4. The van der Waals surface area contributed by atoms with E-state index in [1.54, 1.807) is 65.8 Å². The molecule has 9 nitrogen and oxygen atoms in total. The molecule has 2 aromatic carbocycles. The van der Waals surface area contributed by atoms with Gasteiger partial charge in [0.2, 0.25) is 11.8 Å². The number of carbonyl (C=O) groups excluding carboxylic acids is 4. The van der Waals surface area contributed by atoms with E-state index >= 15 is 0 Å². The normalized spacial score (nSPS) is 13.3. The van der Waals surface area contributed by atoms with Crippen LogP contribution in [0.15, 0.2) is 54.6 Å². The molecule has 3 amide bonds. The van der Waals surface area contributed by atoms with Gasteiger partial charge in [-0.05, 0) is 83.6 Å². The predicted molar refractivity (Wildman–Crippen MR) is 188 cm³/mol. The number of thioether (sulfide) groups is 1. The highest BCUT2D eigenvalue weighted by Crippen LogP contribution is 2.27. The number of hydrogen-bond donors (Lipinski definition) is 2. The molecule has 0 fully saturated rings. The van der Waals surface area contributed by atoms with Crippen molar-refractivity contribution in [2.75, 3.05) is 18.6 Å². The second-order valence-electron chi connectivity index (χ2n) is 13.3. The number of esters is 1. The Morgan fingerprint density at radius 3 is 2.09 bits per heavy atom. The number of terminal acetylenes is 1. The molecule has 0 aliphatic rings. The third-order valence-corrected chi connectivity index (χ3v) is 7.54. The summed E-state index contributed by atoms with van der Waals surface area (Å²) in [6.07, 6.45) is 8.87. The first-order valence-corrected chi connectivity index (χ1v) is 17.4. The molecular weight excluding hydrogens is 614 g/mol. The van der Waals surface area contributed by atoms with Crippen molar-refractivity contribution in [3.63, 3.8) is 0 Å². The Hall–Kier alpha value is -3.97. The van der Waals surface area contributed by atoms with E-state index in [1.807, 2.05) is 43.5 Å². The molecule has 2 aromatic rings. The first-order chi connectivity index (χ1) is 22.1. The molecule has 0 radical (unpaired) electrons. The summed E-state index contributed by atoms with van der Waals surface area (Å²) in [4.78, 5) is 56.9. The standard InChI is InChI=1S/C37H51N3O6S/c1-10-12-23-40(33(42)29(22-24-47-9)39-35(44)46-37(6,7)8)31(28-21-17-16-20-27(28)11-2)32(41)38-30(34(43)45-36(3,4)5)25-26-18-14-13-15-19-26/h2,13-21,29-31H,10,12,22-25H2,1,3-9H3,(H,38,41)(H,39,44). The molecule has 256 valence electrons. The Morgan fingerprint density at radius 2 is 1.51 bits per heavy atom. The van der Waals surface area contributed by atoms with Crippen molar-refractivity contribution < 1.29 is 28.7 Å². The van der Waals surface area contributed by atoms with Crippen molar-refractivity contribution in [3.05, 3.63) is 71.3 Å². The molecule has 0 saturated carbocycles. The fourth-order valence-corrected chi connectivity index (χ4v) is 5.29. The van der Waals surface area contributed by atoms with E-state index in [0.29, 0.717) is 29.7 Å². The van der Waals surface area contributed by atoms with E-state index in [9.17, 15) is 19.2 Å². The fraction of sp³-hybridized carbons (Fsp3) is 0.514. The minimum atomic E-state index is -1.21. The van der Waals surface area contributed by atoms with Crippen LogP contribution in [0.1, 0.15) is 90.5 Å². The van der Waals surface area contributed by atoms with Crippen molar-refractivity contribution in [2.24, 2.45) is 0 Å². The van der Waals surface area contributed by atoms with Gasteiger partial charge in [-0.3, -0.25) is 9.59 Å². The van der Waals surface area contributed by atoms with Gasteiger partial charge in [0.15, 0.2) is 0 Å². The fourth-order valence-electron chi connectivity index (χ4n) is 4.82. The zero-order valence-electron chi connectivity index (χ0n) is 29.1. The number of rotatable bonds is 15. The third kappa shape index (κ3) is 13.3. The van der Waals surface area contributed by atoms with E-state index in [-0.39, 0.29) is 13.0 Å². The average Bonchev–Trinajstić information content (AvgIpc) is 2.99. The molecule has 3 unspecified atom stereocenters. The summed E-state index contributed by atoms with van der Waals surface area (Å²) < 4.78 is 11.2. The van der Waals surface area contributed by atoms with Crippen LogP contribution in [0.5, 0.6) is 0 Å². The van der Waals surface area contributed by atoms with Crippen LogP contribution in [0.3, 0.4) is 0 Å². The van der Waals surface area contributed by atoms with E-state index in [4.69, 9.17) is 15.9 Å². The Kier molecular flexibility index (Phi) is 15.3. The van der Waals surface area contributed by atoms with Crippen molar-refractivity contribution in [2.45, 2.75) is 103 Å². The van der Waals surface area contributed by atoms with E-state index in [2.05, 4.69) is 16.6 Å². The van der Waals surface area contributed by atoms with E-state index < -0.39 is 53.2 Å². The lowest BCUT2D eigenvalue weighted by atomic mass is 9.96. The Morgan fingerprint density at radius 1 is 0.894 bits per heavy atom. The summed E-state index contributed by atoms with van der Waals surface area (Å²) in [5.74, 6) is 1.57. The molecule has 0 aliphatic heterocycles. The lowest BCUT2D eigenvalue weighted by Gasteiger charge is -2.36. The van der Waals surface area contributed by atoms with Gasteiger partial charge in [0, 0.05) is 18.5 Å². The summed E-state index contributed by atoms with van der Waals surface area (Å²) in [6, 6.07) is 13.0. The van der Waals surface area contributed by atoms with Gasteiger partial charge in [-0.25, -0.2) is 9.59 Å². The van der Waals surface area contributed by atoms with Gasteiger partial charge >= 0.3 is 12.1 Å². The van der Waals surface area contributed by atoms with Crippen LogP contribution >= 0.6 is 11.8 Å². The van der Waals surface area contributed by atoms with Crippen LogP contribution in [0.25, 0.3) is 0 Å². The second-order valence-corrected chi connectivity index (χ2v) is 14.3. The molecule has 0 saturated heterocycles. The third-order valence-electron chi connectivity index (χ3n) is 6.90. The largest absolute Gasteiger partial charge is 0.458 e. The van der Waals surface area contributed by atoms with Gasteiger partial charge in [-0.15, -0.1) is 6.42 Å². The summed E-state index contributed by atoms with van der Waals surface area (Å²) in [7, 11) is 0.